The lowest BCUT2D eigenvalue weighted by atomic mass is 9.96. The summed E-state index contributed by atoms with van der Waals surface area (Å²) in [5.41, 5.74) is 0. The fourth-order valence-electron chi connectivity index (χ4n) is 1.62. The molecule has 1 saturated heterocycles. The molecule has 0 N–H and O–H groups in total. The molecule has 1 aliphatic heterocycles. The van der Waals surface area contributed by atoms with Crippen molar-refractivity contribution in [2.75, 3.05) is 20.8 Å². The molecule has 0 radical (unpaired) electrons. The molecular formula is C8H15NO3. The predicted octanol–water partition coefficient (Wildman–Crippen LogP) is 0.862. The fourth-order valence-corrected chi connectivity index (χ4v) is 1.62. The van der Waals surface area contributed by atoms with Gasteiger partial charge in [-0.2, -0.15) is 0 Å². The number of hydrogen-bond donors (Lipinski definition) is 0. The van der Waals surface area contributed by atoms with E-state index in [9.17, 15) is 4.79 Å². The molecule has 1 rings (SSSR count). The zero-order chi connectivity index (χ0) is 9.14. The second kappa shape index (κ2) is 3.76. The molecule has 0 aromatic rings. The van der Waals surface area contributed by atoms with Crippen LogP contribution in [0.3, 0.4) is 0 Å². The van der Waals surface area contributed by atoms with Crippen LogP contribution in [0.1, 0.15) is 13.3 Å². The van der Waals surface area contributed by atoms with Crippen molar-refractivity contribution in [2.24, 2.45) is 0 Å². The summed E-state index contributed by atoms with van der Waals surface area (Å²) in [6, 6.07) is 0.495. The van der Waals surface area contributed by atoms with Gasteiger partial charge in [-0.15, -0.1) is 0 Å². The van der Waals surface area contributed by atoms with Crippen molar-refractivity contribution in [3.05, 3.63) is 0 Å². The average molecular weight is 173 g/mol. The molecule has 0 aromatic carbocycles. The Hall–Kier alpha value is -0.770. The SMILES string of the molecule is COCC1CC(C)N1C(=O)OC. The van der Waals surface area contributed by atoms with E-state index >= 15 is 0 Å². The highest BCUT2D eigenvalue weighted by Gasteiger charge is 2.39. The normalized spacial score (nSPS) is 28.1. The minimum Gasteiger partial charge on any atom is -0.453 e. The van der Waals surface area contributed by atoms with Gasteiger partial charge < -0.3 is 14.4 Å². The molecule has 70 valence electrons. The van der Waals surface area contributed by atoms with Gasteiger partial charge in [0.05, 0.1) is 19.8 Å². The number of ether oxygens (including phenoxy) is 2. The summed E-state index contributed by atoms with van der Waals surface area (Å²) in [5.74, 6) is 0. The molecule has 1 amide bonds. The highest BCUT2D eigenvalue weighted by atomic mass is 16.5. The lowest BCUT2D eigenvalue weighted by Crippen LogP contribution is -2.58. The molecule has 1 aliphatic rings. The van der Waals surface area contributed by atoms with E-state index in [-0.39, 0.29) is 18.2 Å². The van der Waals surface area contributed by atoms with Gasteiger partial charge in [-0.05, 0) is 13.3 Å². The van der Waals surface area contributed by atoms with E-state index in [4.69, 9.17) is 4.74 Å². The van der Waals surface area contributed by atoms with Crippen molar-refractivity contribution in [3.8, 4) is 0 Å². The minimum atomic E-state index is -0.254. The van der Waals surface area contributed by atoms with Gasteiger partial charge in [-0.1, -0.05) is 0 Å². The van der Waals surface area contributed by atoms with Crippen LogP contribution in [0.2, 0.25) is 0 Å². The summed E-state index contributed by atoms with van der Waals surface area (Å²) in [6.07, 6.45) is 0.749. The van der Waals surface area contributed by atoms with E-state index in [1.807, 2.05) is 6.92 Å². The summed E-state index contributed by atoms with van der Waals surface area (Å²) in [4.78, 5) is 12.8. The Morgan fingerprint density at radius 2 is 2.25 bits per heavy atom. The summed E-state index contributed by atoms with van der Waals surface area (Å²) in [6.45, 7) is 2.60. The number of nitrogens with zero attached hydrogens (tertiary/aromatic N) is 1. The molecule has 4 heteroatoms. The van der Waals surface area contributed by atoms with Crippen molar-refractivity contribution in [1.82, 2.24) is 4.90 Å². The Kier molecular flexibility index (Phi) is 2.92. The summed E-state index contributed by atoms with van der Waals surface area (Å²) >= 11 is 0. The maximum absolute atomic E-state index is 11.1. The van der Waals surface area contributed by atoms with Crippen LogP contribution >= 0.6 is 0 Å². The first-order valence-electron chi connectivity index (χ1n) is 4.06. The number of rotatable bonds is 2. The van der Waals surface area contributed by atoms with Crippen LogP contribution in [0.4, 0.5) is 4.79 Å². The smallest absolute Gasteiger partial charge is 0.410 e. The van der Waals surface area contributed by atoms with Crippen LogP contribution in [0.5, 0.6) is 0 Å². The van der Waals surface area contributed by atoms with Crippen LogP contribution in [0.15, 0.2) is 0 Å². The zero-order valence-electron chi connectivity index (χ0n) is 7.74. The topological polar surface area (TPSA) is 38.8 Å². The van der Waals surface area contributed by atoms with Crippen LogP contribution in [0.25, 0.3) is 0 Å². The van der Waals surface area contributed by atoms with E-state index in [0.29, 0.717) is 6.61 Å². The molecule has 1 heterocycles. The van der Waals surface area contributed by atoms with Gasteiger partial charge in [0.2, 0.25) is 0 Å². The fraction of sp³-hybridized carbons (Fsp3) is 0.875. The Morgan fingerprint density at radius 3 is 2.67 bits per heavy atom. The highest BCUT2D eigenvalue weighted by molar-refractivity contribution is 5.69. The van der Waals surface area contributed by atoms with E-state index in [1.165, 1.54) is 7.11 Å². The lowest BCUT2D eigenvalue weighted by Gasteiger charge is -2.45. The summed E-state index contributed by atoms with van der Waals surface area (Å²) < 4.78 is 9.60. The lowest BCUT2D eigenvalue weighted by molar-refractivity contribution is -0.0131. The van der Waals surface area contributed by atoms with Gasteiger partial charge in [0.15, 0.2) is 0 Å². The predicted molar refractivity (Wildman–Crippen MR) is 44.0 cm³/mol. The summed E-state index contributed by atoms with van der Waals surface area (Å²) in [5, 5.41) is 0. The van der Waals surface area contributed by atoms with Gasteiger partial charge in [0, 0.05) is 13.2 Å². The minimum absolute atomic E-state index is 0.206. The molecule has 0 aromatic heterocycles. The van der Waals surface area contributed by atoms with Crippen molar-refractivity contribution in [2.45, 2.75) is 25.4 Å². The first kappa shape index (κ1) is 9.32. The standard InChI is InChI=1S/C8H15NO3/c1-6-4-7(5-11-2)9(6)8(10)12-3/h6-7H,4-5H2,1-3H3. The van der Waals surface area contributed by atoms with Crippen LogP contribution in [-0.4, -0.2) is 43.9 Å². The number of hydrogen-bond acceptors (Lipinski definition) is 3. The van der Waals surface area contributed by atoms with Gasteiger partial charge in [0.1, 0.15) is 0 Å². The second-order valence-electron chi connectivity index (χ2n) is 3.07. The monoisotopic (exact) mass is 173 g/mol. The van der Waals surface area contributed by atoms with Crippen LogP contribution in [-0.2, 0) is 9.47 Å². The number of amides is 1. The molecular weight excluding hydrogens is 158 g/mol. The van der Waals surface area contributed by atoms with Gasteiger partial charge in [-0.25, -0.2) is 4.79 Å². The third-order valence-corrected chi connectivity index (χ3v) is 2.23. The third-order valence-electron chi connectivity index (χ3n) is 2.23. The van der Waals surface area contributed by atoms with Crippen molar-refractivity contribution in [3.63, 3.8) is 0 Å². The second-order valence-corrected chi connectivity index (χ2v) is 3.07. The first-order valence-corrected chi connectivity index (χ1v) is 4.06. The Bertz CT molecular complexity index is 170. The van der Waals surface area contributed by atoms with E-state index in [1.54, 1.807) is 12.0 Å². The highest BCUT2D eigenvalue weighted by Crippen LogP contribution is 2.25. The van der Waals surface area contributed by atoms with Gasteiger partial charge in [0.25, 0.3) is 0 Å². The van der Waals surface area contributed by atoms with Crippen LogP contribution in [0, 0.1) is 0 Å². The number of methoxy groups -OCH3 is 2. The zero-order valence-corrected chi connectivity index (χ0v) is 7.74. The number of likely N-dealkylation sites (tertiary alicyclic amines) is 1. The first-order chi connectivity index (χ1) is 5.70. The van der Waals surface area contributed by atoms with E-state index in [2.05, 4.69) is 4.74 Å². The summed E-state index contributed by atoms with van der Waals surface area (Å²) in [7, 11) is 3.04. The number of carbonyl (C=O) groups excluding carboxylic acids is 1. The number of carbonyl (C=O) groups is 1. The average Bonchev–Trinajstić information content (AvgIpc) is 2.03. The molecule has 0 saturated carbocycles. The van der Waals surface area contributed by atoms with Crippen molar-refractivity contribution in [1.29, 1.82) is 0 Å². The largest absolute Gasteiger partial charge is 0.453 e. The Balaban J connectivity index is 2.44. The molecule has 0 spiro atoms. The quantitative estimate of drug-likeness (QED) is 0.621. The van der Waals surface area contributed by atoms with Crippen molar-refractivity contribution < 1.29 is 14.3 Å². The maximum atomic E-state index is 11.1. The van der Waals surface area contributed by atoms with E-state index in [0.717, 1.165) is 6.42 Å². The molecule has 2 unspecified atom stereocenters. The van der Waals surface area contributed by atoms with Gasteiger partial charge in [-0.3, -0.25) is 0 Å². The molecule has 1 fully saturated rings. The molecule has 0 bridgehead atoms. The Labute approximate surface area is 72.4 Å². The molecule has 2 atom stereocenters. The van der Waals surface area contributed by atoms with Gasteiger partial charge >= 0.3 is 6.09 Å². The molecule has 0 aliphatic carbocycles. The third kappa shape index (κ3) is 1.53. The molecule has 4 nitrogen and oxygen atoms in total. The van der Waals surface area contributed by atoms with E-state index < -0.39 is 0 Å². The van der Waals surface area contributed by atoms with Crippen molar-refractivity contribution >= 4 is 6.09 Å². The molecule has 12 heavy (non-hydrogen) atoms. The van der Waals surface area contributed by atoms with Crippen LogP contribution < -0.4 is 0 Å². The maximum Gasteiger partial charge on any atom is 0.410 e. The Morgan fingerprint density at radius 1 is 1.58 bits per heavy atom.